The lowest BCUT2D eigenvalue weighted by atomic mass is 9.94. The maximum atomic E-state index is 12.9. The number of hydrogen-bond donors (Lipinski definition) is 1. The highest BCUT2D eigenvalue weighted by Crippen LogP contribution is 2.29. The van der Waals surface area contributed by atoms with Gasteiger partial charge in [0, 0.05) is 47.9 Å². The molecule has 1 atom stereocenters. The number of carbonyl (C=O) groups excluding carboxylic acids is 1. The molecule has 1 aliphatic heterocycles. The van der Waals surface area contributed by atoms with Crippen molar-refractivity contribution in [3.8, 4) is 0 Å². The number of allylic oxidation sites excluding steroid dienone is 2. The van der Waals surface area contributed by atoms with E-state index in [-0.39, 0.29) is 5.91 Å². The minimum absolute atomic E-state index is 0.161. The Labute approximate surface area is 195 Å². The van der Waals surface area contributed by atoms with E-state index in [1.165, 1.54) is 23.8 Å². The van der Waals surface area contributed by atoms with Gasteiger partial charge < -0.3 is 4.98 Å². The number of aryl methyl sites for hydroxylation is 1. The van der Waals surface area contributed by atoms with E-state index >= 15 is 0 Å². The van der Waals surface area contributed by atoms with Gasteiger partial charge in [-0.2, -0.15) is 0 Å². The number of aromatic amines is 1. The maximum Gasteiger partial charge on any atom is 0.228 e. The summed E-state index contributed by atoms with van der Waals surface area (Å²) in [5.41, 5.74) is 4.50. The largest absolute Gasteiger partial charge is 0.361 e. The molecule has 3 heterocycles. The molecule has 1 aliphatic carbocycles. The van der Waals surface area contributed by atoms with Crippen LogP contribution in [0.2, 0.25) is 0 Å². The third kappa shape index (κ3) is 4.71. The molecule has 0 saturated carbocycles. The van der Waals surface area contributed by atoms with E-state index in [9.17, 15) is 4.79 Å². The molecule has 0 fully saturated rings. The van der Waals surface area contributed by atoms with E-state index in [1.54, 1.807) is 0 Å². The number of fused-ring (bicyclic) bond motifs is 2. The van der Waals surface area contributed by atoms with Crippen molar-refractivity contribution in [1.82, 2.24) is 19.9 Å². The van der Waals surface area contributed by atoms with Gasteiger partial charge in [-0.1, -0.05) is 30.4 Å². The van der Waals surface area contributed by atoms with E-state index in [4.69, 9.17) is 9.97 Å². The average molecular weight is 444 g/mol. The van der Waals surface area contributed by atoms with Crippen molar-refractivity contribution in [2.45, 2.75) is 52.0 Å². The van der Waals surface area contributed by atoms with Crippen molar-refractivity contribution in [1.29, 1.82) is 0 Å². The van der Waals surface area contributed by atoms with Crippen LogP contribution in [0, 0.1) is 12.8 Å². The number of hydrogen-bond acceptors (Lipinski definition) is 4. The van der Waals surface area contributed by atoms with Gasteiger partial charge in [0.15, 0.2) is 0 Å². The van der Waals surface area contributed by atoms with Gasteiger partial charge in [0.2, 0.25) is 5.91 Å². The molecule has 1 N–H and O–H groups in total. The normalized spacial score (nSPS) is 18.3. The SMILES string of the molecule is Cc1nc(CN(C)C[C@@H]2CC=CCC2)nc2c1CCC(=O)N2CCc1c[nH]c2ccccc12. The summed E-state index contributed by atoms with van der Waals surface area (Å²) < 4.78 is 0. The van der Waals surface area contributed by atoms with Gasteiger partial charge >= 0.3 is 0 Å². The van der Waals surface area contributed by atoms with Crippen LogP contribution in [0.3, 0.4) is 0 Å². The van der Waals surface area contributed by atoms with E-state index in [0.29, 0.717) is 25.4 Å². The maximum absolute atomic E-state index is 12.9. The fourth-order valence-electron chi connectivity index (χ4n) is 5.28. The number of carbonyl (C=O) groups is 1. The first-order valence-electron chi connectivity index (χ1n) is 12.1. The van der Waals surface area contributed by atoms with Crippen molar-refractivity contribution in [3.05, 3.63) is 65.3 Å². The van der Waals surface area contributed by atoms with Gasteiger partial charge in [0.05, 0.1) is 6.54 Å². The Morgan fingerprint density at radius 1 is 1.18 bits per heavy atom. The second kappa shape index (κ2) is 9.48. The third-order valence-corrected chi connectivity index (χ3v) is 7.02. The molecule has 6 heteroatoms. The van der Waals surface area contributed by atoms with E-state index in [0.717, 1.165) is 54.2 Å². The van der Waals surface area contributed by atoms with Crippen LogP contribution in [0.1, 0.15) is 48.3 Å². The molecule has 0 unspecified atom stereocenters. The molecule has 0 saturated heterocycles. The van der Waals surface area contributed by atoms with Crippen LogP contribution in [0.15, 0.2) is 42.6 Å². The fourth-order valence-corrected chi connectivity index (χ4v) is 5.28. The summed E-state index contributed by atoms with van der Waals surface area (Å²) in [6, 6.07) is 8.32. The zero-order chi connectivity index (χ0) is 22.8. The Morgan fingerprint density at radius 2 is 2.06 bits per heavy atom. The van der Waals surface area contributed by atoms with Gasteiger partial charge in [-0.05, 0) is 63.6 Å². The number of aromatic nitrogens is 3. The number of nitrogens with zero attached hydrogens (tertiary/aromatic N) is 4. The van der Waals surface area contributed by atoms with Crippen LogP contribution in [0.5, 0.6) is 0 Å². The van der Waals surface area contributed by atoms with Gasteiger partial charge in [-0.3, -0.25) is 14.6 Å². The van der Waals surface area contributed by atoms with Crippen molar-refractivity contribution in [2.24, 2.45) is 5.92 Å². The Morgan fingerprint density at radius 3 is 2.91 bits per heavy atom. The second-order valence-electron chi connectivity index (χ2n) is 9.53. The predicted molar refractivity (Wildman–Crippen MR) is 132 cm³/mol. The Hall–Kier alpha value is -2.99. The highest BCUT2D eigenvalue weighted by Gasteiger charge is 2.28. The second-order valence-corrected chi connectivity index (χ2v) is 9.53. The summed E-state index contributed by atoms with van der Waals surface area (Å²) in [6.45, 7) is 4.45. The van der Waals surface area contributed by atoms with Crippen LogP contribution in [-0.2, 0) is 24.2 Å². The Bertz CT molecular complexity index is 1180. The first-order valence-corrected chi connectivity index (χ1v) is 12.1. The molecular weight excluding hydrogens is 410 g/mol. The minimum atomic E-state index is 0.161. The summed E-state index contributed by atoms with van der Waals surface area (Å²) in [6.07, 6.45) is 12.3. The molecule has 5 rings (SSSR count). The number of H-pyrrole nitrogens is 1. The Balaban J connectivity index is 1.34. The van der Waals surface area contributed by atoms with Crippen LogP contribution < -0.4 is 4.90 Å². The lowest BCUT2D eigenvalue weighted by Gasteiger charge is -2.30. The van der Waals surface area contributed by atoms with Gasteiger partial charge in [0.25, 0.3) is 0 Å². The summed E-state index contributed by atoms with van der Waals surface area (Å²) in [5, 5.41) is 1.22. The molecule has 0 bridgehead atoms. The van der Waals surface area contributed by atoms with Gasteiger partial charge in [0.1, 0.15) is 11.6 Å². The number of rotatable bonds is 7. The number of para-hydroxylation sites is 1. The van der Waals surface area contributed by atoms with Crippen molar-refractivity contribution < 1.29 is 4.79 Å². The molecule has 172 valence electrons. The molecule has 0 spiro atoms. The van der Waals surface area contributed by atoms with Crippen molar-refractivity contribution in [3.63, 3.8) is 0 Å². The van der Waals surface area contributed by atoms with E-state index in [1.807, 2.05) is 11.0 Å². The highest BCUT2D eigenvalue weighted by atomic mass is 16.2. The summed E-state index contributed by atoms with van der Waals surface area (Å²) in [5.74, 6) is 2.50. The van der Waals surface area contributed by atoms with E-state index < -0.39 is 0 Å². The topological polar surface area (TPSA) is 65.1 Å². The zero-order valence-corrected chi connectivity index (χ0v) is 19.7. The standard InChI is InChI=1S/C27H33N5O/c1-19-22-12-13-26(33)32(15-14-21-16-28-24-11-7-6-10-23(21)24)27(22)30-25(29-19)18-31(2)17-20-8-4-3-5-9-20/h3-4,6-7,10-11,16,20,28H,5,8-9,12-15,17-18H2,1-2H3/t20-/m1/s1. The quantitative estimate of drug-likeness (QED) is 0.543. The number of benzene rings is 1. The van der Waals surface area contributed by atoms with Gasteiger partial charge in [-0.15, -0.1) is 0 Å². The van der Waals surface area contributed by atoms with Crippen LogP contribution in [0.4, 0.5) is 5.82 Å². The molecule has 1 aromatic carbocycles. The number of nitrogens with one attached hydrogen (secondary N) is 1. The number of anilines is 1. The minimum Gasteiger partial charge on any atom is -0.361 e. The molecule has 1 amide bonds. The van der Waals surface area contributed by atoms with Crippen LogP contribution in [-0.4, -0.2) is 45.9 Å². The first-order chi connectivity index (χ1) is 16.1. The summed E-state index contributed by atoms with van der Waals surface area (Å²) in [4.78, 5) is 30.2. The van der Waals surface area contributed by atoms with Crippen LogP contribution >= 0.6 is 0 Å². The lowest BCUT2D eigenvalue weighted by Crippen LogP contribution is -2.38. The lowest BCUT2D eigenvalue weighted by molar-refractivity contribution is -0.118. The average Bonchev–Trinajstić information content (AvgIpc) is 3.22. The molecule has 2 aliphatic rings. The van der Waals surface area contributed by atoms with Crippen LogP contribution in [0.25, 0.3) is 10.9 Å². The zero-order valence-electron chi connectivity index (χ0n) is 19.7. The Kier molecular flexibility index (Phi) is 6.27. The summed E-state index contributed by atoms with van der Waals surface area (Å²) >= 11 is 0. The predicted octanol–water partition coefficient (Wildman–Crippen LogP) is 4.58. The molecule has 3 aromatic rings. The van der Waals surface area contributed by atoms with Gasteiger partial charge in [-0.25, -0.2) is 9.97 Å². The van der Waals surface area contributed by atoms with Crippen molar-refractivity contribution in [2.75, 3.05) is 25.0 Å². The molecule has 6 nitrogen and oxygen atoms in total. The monoisotopic (exact) mass is 443 g/mol. The molecule has 0 radical (unpaired) electrons. The third-order valence-electron chi connectivity index (χ3n) is 7.02. The summed E-state index contributed by atoms with van der Waals surface area (Å²) in [7, 11) is 2.15. The van der Waals surface area contributed by atoms with Crippen molar-refractivity contribution >= 4 is 22.6 Å². The first kappa shape index (κ1) is 21.8. The molecular formula is C27H33N5O. The smallest absolute Gasteiger partial charge is 0.228 e. The highest BCUT2D eigenvalue weighted by molar-refractivity contribution is 5.95. The molecule has 33 heavy (non-hydrogen) atoms. The molecule has 2 aromatic heterocycles. The van der Waals surface area contributed by atoms with E-state index in [2.05, 4.69) is 60.4 Å². The fraction of sp³-hybridized carbons (Fsp3) is 0.444. The number of amides is 1.